The fourth-order valence-corrected chi connectivity index (χ4v) is 4.59. The molecule has 1 aliphatic rings. The van der Waals surface area contributed by atoms with E-state index in [0.717, 1.165) is 18.4 Å². The maximum atomic E-state index is 12.9. The van der Waals surface area contributed by atoms with E-state index in [0.29, 0.717) is 34.9 Å². The van der Waals surface area contributed by atoms with Crippen molar-refractivity contribution in [2.45, 2.75) is 11.3 Å². The van der Waals surface area contributed by atoms with Crippen molar-refractivity contribution in [3.8, 4) is 0 Å². The van der Waals surface area contributed by atoms with Crippen molar-refractivity contribution in [2.75, 3.05) is 26.2 Å². The zero-order valence-corrected chi connectivity index (χ0v) is 14.3. The Bertz CT molecular complexity index is 763. The first-order valence-electron chi connectivity index (χ1n) is 6.99. The molecule has 22 heavy (non-hydrogen) atoms. The molecule has 3 rings (SSSR count). The number of fused-ring (bicyclic) bond motifs is 1. The second kappa shape index (κ2) is 7.15. The Kier molecular flexibility index (Phi) is 5.69. The van der Waals surface area contributed by atoms with Gasteiger partial charge in [-0.05, 0) is 25.1 Å². The number of halogens is 2. The van der Waals surface area contributed by atoms with Gasteiger partial charge in [-0.1, -0.05) is 35.9 Å². The highest BCUT2D eigenvalue weighted by molar-refractivity contribution is 7.89. The highest BCUT2D eigenvalue weighted by Gasteiger charge is 2.26. The first-order valence-corrected chi connectivity index (χ1v) is 8.80. The fourth-order valence-electron chi connectivity index (χ4n) is 2.67. The lowest BCUT2D eigenvalue weighted by molar-refractivity contribution is -0.00000670. The lowest BCUT2D eigenvalue weighted by Gasteiger charge is -2.20. The van der Waals surface area contributed by atoms with Crippen LogP contribution in [0.4, 0.5) is 0 Å². The Morgan fingerprint density at radius 3 is 2.59 bits per heavy atom. The Morgan fingerprint density at radius 2 is 1.77 bits per heavy atom. The number of nitrogens with zero attached hydrogens (tertiary/aromatic N) is 1. The van der Waals surface area contributed by atoms with Gasteiger partial charge in [-0.3, -0.25) is 0 Å². The van der Waals surface area contributed by atoms with E-state index < -0.39 is 10.0 Å². The molecular weight excluding hydrogens is 343 g/mol. The van der Waals surface area contributed by atoms with Crippen molar-refractivity contribution in [1.29, 1.82) is 0 Å². The van der Waals surface area contributed by atoms with Crippen LogP contribution in [0.2, 0.25) is 5.02 Å². The highest BCUT2D eigenvalue weighted by Crippen LogP contribution is 2.30. The molecule has 0 saturated carbocycles. The summed E-state index contributed by atoms with van der Waals surface area (Å²) in [6.45, 7) is 2.59. The molecule has 1 aliphatic heterocycles. The smallest absolute Gasteiger partial charge is 1.00 e. The Hall–Kier alpha value is -0.850. The molecule has 1 heterocycles. The molecule has 0 aliphatic carbocycles. The topological polar surface area (TPSA) is 49.4 Å². The van der Waals surface area contributed by atoms with E-state index in [4.69, 9.17) is 11.6 Å². The molecule has 1 N–H and O–H groups in total. The molecule has 120 valence electrons. The predicted molar refractivity (Wildman–Crippen MR) is 86.3 cm³/mol. The van der Waals surface area contributed by atoms with E-state index in [2.05, 4.69) is 5.32 Å². The molecule has 0 spiro atoms. The normalized spacial score (nSPS) is 17.0. The van der Waals surface area contributed by atoms with Crippen molar-refractivity contribution in [2.24, 2.45) is 0 Å². The first-order chi connectivity index (χ1) is 10.1. The third-order valence-electron chi connectivity index (χ3n) is 3.75. The number of hydrogen-bond acceptors (Lipinski definition) is 3. The van der Waals surface area contributed by atoms with Crippen molar-refractivity contribution >= 4 is 32.4 Å². The average Bonchev–Trinajstić information content (AvgIpc) is 2.77. The van der Waals surface area contributed by atoms with Gasteiger partial charge in [0.15, 0.2) is 0 Å². The molecule has 2 aromatic rings. The monoisotopic (exact) mass is 360 g/mol. The van der Waals surface area contributed by atoms with Crippen LogP contribution in [0.3, 0.4) is 0 Å². The van der Waals surface area contributed by atoms with Crippen molar-refractivity contribution in [1.82, 2.24) is 9.62 Å². The molecule has 4 nitrogen and oxygen atoms in total. The maximum absolute atomic E-state index is 12.9. The molecule has 0 atom stereocenters. The summed E-state index contributed by atoms with van der Waals surface area (Å²) in [5.41, 5.74) is 0. The number of hydrogen-bond donors (Lipinski definition) is 1. The molecule has 0 aromatic heterocycles. The van der Waals surface area contributed by atoms with Gasteiger partial charge in [-0.2, -0.15) is 4.31 Å². The maximum Gasteiger partial charge on any atom is 1.00 e. The van der Waals surface area contributed by atoms with Crippen LogP contribution >= 0.6 is 11.6 Å². The summed E-state index contributed by atoms with van der Waals surface area (Å²) in [5, 5.41) is 5.25. The number of benzene rings is 2. The van der Waals surface area contributed by atoms with Crippen LogP contribution in [0, 0.1) is 0 Å². The van der Waals surface area contributed by atoms with Gasteiger partial charge in [0.1, 0.15) is 0 Å². The SMILES string of the molecule is O=S(=O)(c1cccc2c(Cl)cccc12)N1CCCNCC1.[Cl-].[H+]. The van der Waals surface area contributed by atoms with E-state index in [1.807, 2.05) is 12.1 Å². The van der Waals surface area contributed by atoms with Crippen molar-refractivity contribution in [3.63, 3.8) is 0 Å². The largest absolute Gasteiger partial charge is 1.00 e. The molecule has 1 saturated heterocycles. The minimum atomic E-state index is -3.49. The van der Waals surface area contributed by atoms with Crippen LogP contribution in [0.25, 0.3) is 10.8 Å². The highest BCUT2D eigenvalue weighted by atomic mass is 35.5. The van der Waals surface area contributed by atoms with Crippen molar-refractivity contribution in [3.05, 3.63) is 41.4 Å². The zero-order valence-electron chi connectivity index (χ0n) is 12.9. The van der Waals surface area contributed by atoms with Gasteiger partial charge in [0, 0.05) is 35.4 Å². The molecule has 2 aromatic carbocycles. The van der Waals surface area contributed by atoms with Gasteiger partial charge in [0.05, 0.1) is 4.90 Å². The van der Waals surface area contributed by atoms with Crippen LogP contribution in [-0.2, 0) is 10.0 Å². The van der Waals surface area contributed by atoms with Gasteiger partial charge in [0.2, 0.25) is 10.0 Å². The quantitative estimate of drug-likeness (QED) is 0.792. The molecule has 0 amide bonds. The first kappa shape index (κ1) is 17.5. The van der Waals surface area contributed by atoms with E-state index in [-0.39, 0.29) is 13.8 Å². The van der Waals surface area contributed by atoms with E-state index in [9.17, 15) is 8.42 Å². The molecule has 1 fully saturated rings. The lowest BCUT2D eigenvalue weighted by Crippen LogP contribution is -3.00. The predicted octanol–water partition coefficient (Wildman–Crippen LogP) is -0.406. The standard InChI is InChI=1S/C15H17ClN2O2S.ClH/c16-14-6-1-5-13-12(14)4-2-7-15(13)21(19,20)18-10-3-8-17-9-11-18;/h1-2,4-7,17H,3,8-11H2;1H. The summed E-state index contributed by atoms with van der Waals surface area (Å²) in [7, 11) is -3.49. The summed E-state index contributed by atoms with van der Waals surface area (Å²) in [6.07, 6.45) is 0.824. The second-order valence-corrected chi connectivity index (χ2v) is 7.41. The summed E-state index contributed by atoms with van der Waals surface area (Å²) >= 11 is 6.17. The fraction of sp³-hybridized carbons (Fsp3) is 0.333. The number of nitrogens with one attached hydrogen (secondary N) is 1. The number of rotatable bonds is 2. The van der Waals surface area contributed by atoms with Crippen LogP contribution < -0.4 is 17.7 Å². The second-order valence-electron chi connectivity index (χ2n) is 5.10. The van der Waals surface area contributed by atoms with E-state index in [1.165, 1.54) is 0 Å². The minimum absolute atomic E-state index is 0. The van der Waals surface area contributed by atoms with Gasteiger partial charge in [-0.25, -0.2) is 8.42 Å². The van der Waals surface area contributed by atoms with Crippen LogP contribution in [0.5, 0.6) is 0 Å². The van der Waals surface area contributed by atoms with Gasteiger partial charge < -0.3 is 17.7 Å². The third-order valence-corrected chi connectivity index (χ3v) is 6.03. The van der Waals surface area contributed by atoms with Gasteiger partial charge in [-0.15, -0.1) is 0 Å². The third kappa shape index (κ3) is 3.24. The molecule has 7 heteroatoms. The summed E-state index contributed by atoms with van der Waals surface area (Å²) < 4.78 is 27.4. The zero-order chi connectivity index (χ0) is 14.9. The minimum Gasteiger partial charge on any atom is -1.00 e. The summed E-state index contributed by atoms with van der Waals surface area (Å²) in [4.78, 5) is 0.337. The molecule has 0 bridgehead atoms. The molecule has 0 radical (unpaired) electrons. The summed E-state index contributed by atoms with van der Waals surface area (Å²) in [5.74, 6) is 0. The van der Waals surface area contributed by atoms with Crippen LogP contribution in [0.15, 0.2) is 41.3 Å². The van der Waals surface area contributed by atoms with Crippen LogP contribution in [0.1, 0.15) is 7.85 Å². The number of sulfonamides is 1. The Labute approximate surface area is 143 Å². The average molecular weight is 361 g/mol. The Balaban J connectivity index is 0.00000132. The Morgan fingerprint density at radius 1 is 1.05 bits per heavy atom. The van der Waals surface area contributed by atoms with Gasteiger partial charge in [0.25, 0.3) is 0 Å². The lowest BCUT2D eigenvalue weighted by atomic mass is 10.1. The van der Waals surface area contributed by atoms with Gasteiger partial charge >= 0.3 is 1.43 Å². The van der Waals surface area contributed by atoms with Crippen LogP contribution in [-0.4, -0.2) is 38.9 Å². The molecular formula is C15H18Cl2N2O2S. The van der Waals surface area contributed by atoms with Crippen molar-refractivity contribution < 1.29 is 22.3 Å². The molecule has 0 unspecified atom stereocenters. The summed E-state index contributed by atoms with van der Waals surface area (Å²) in [6, 6.07) is 10.6. The van der Waals surface area contributed by atoms with E-state index >= 15 is 0 Å². The van der Waals surface area contributed by atoms with E-state index in [1.54, 1.807) is 28.6 Å².